The molecule has 0 amide bonds. The summed E-state index contributed by atoms with van der Waals surface area (Å²) in [6.45, 7) is 3.26. The van der Waals surface area contributed by atoms with Crippen molar-refractivity contribution in [1.82, 2.24) is 4.90 Å². The van der Waals surface area contributed by atoms with Crippen LogP contribution in [-0.4, -0.2) is 24.3 Å². The Bertz CT molecular complexity index is 630. The summed E-state index contributed by atoms with van der Waals surface area (Å²) in [5, 5.41) is 0.706. The fraction of sp³-hybridized carbons (Fsp3) is 0.278. The molecule has 0 bridgehead atoms. The van der Waals surface area contributed by atoms with Crippen LogP contribution >= 0.6 is 11.6 Å². The van der Waals surface area contributed by atoms with E-state index in [4.69, 9.17) is 11.6 Å². The SMILES string of the molecule is O=Cc1cc(CN2CCCC2)ccc1-c1ccc(Cl)cc1. The minimum Gasteiger partial charge on any atom is -0.299 e. The number of carbonyl (C=O) groups is 1. The molecule has 1 saturated heterocycles. The summed E-state index contributed by atoms with van der Waals surface area (Å²) in [4.78, 5) is 13.9. The summed E-state index contributed by atoms with van der Waals surface area (Å²) in [6.07, 6.45) is 3.50. The number of hydrogen-bond acceptors (Lipinski definition) is 2. The standard InChI is InChI=1S/C18H18ClNO/c19-17-6-4-15(5-7-17)18-8-3-14(11-16(18)13-21)12-20-9-1-2-10-20/h3-8,11,13H,1-2,9-10,12H2. The quantitative estimate of drug-likeness (QED) is 0.779. The van der Waals surface area contributed by atoms with Crippen LogP contribution in [0.1, 0.15) is 28.8 Å². The van der Waals surface area contributed by atoms with Gasteiger partial charge in [-0.3, -0.25) is 9.69 Å². The number of nitrogens with zero attached hydrogens (tertiary/aromatic N) is 1. The highest BCUT2D eigenvalue weighted by Gasteiger charge is 2.13. The third kappa shape index (κ3) is 3.34. The first-order chi connectivity index (χ1) is 10.3. The minimum absolute atomic E-state index is 0.706. The zero-order valence-corrected chi connectivity index (χ0v) is 12.6. The van der Waals surface area contributed by atoms with E-state index in [1.165, 1.54) is 18.4 Å². The molecule has 3 heteroatoms. The lowest BCUT2D eigenvalue weighted by molar-refractivity contribution is 0.112. The smallest absolute Gasteiger partial charge is 0.150 e. The number of likely N-dealkylation sites (tertiary alicyclic amines) is 1. The van der Waals surface area contributed by atoms with Crippen molar-refractivity contribution in [3.63, 3.8) is 0 Å². The molecular weight excluding hydrogens is 282 g/mol. The van der Waals surface area contributed by atoms with Gasteiger partial charge >= 0.3 is 0 Å². The van der Waals surface area contributed by atoms with Crippen LogP contribution in [0.4, 0.5) is 0 Å². The molecule has 0 unspecified atom stereocenters. The average Bonchev–Trinajstić information content (AvgIpc) is 3.01. The fourth-order valence-electron chi connectivity index (χ4n) is 2.90. The van der Waals surface area contributed by atoms with Crippen LogP contribution in [0, 0.1) is 0 Å². The molecule has 1 aliphatic heterocycles. The highest BCUT2D eigenvalue weighted by atomic mass is 35.5. The minimum atomic E-state index is 0.706. The molecule has 1 heterocycles. The molecule has 1 fully saturated rings. The highest BCUT2D eigenvalue weighted by molar-refractivity contribution is 6.30. The van der Waals surface area contributed by atoms with Crippen LogP contribution in [0.5, 0.6) is 0 Å². The van der Waals surface area contributed by atoms with Crippen molar-refractivity contribution in [2.45, 2.75) is 19.4 Å². The summed E-state index contributed by atoms with van der Waals surface area (Å²) in [7, 11) is 0. The van der Waals surface area contributed by atoms with E-state index in [2.05, 4.69) is 11.0 Å². The molecule has 2 nitrogen and oxygen atoms in total. The number of benzene rings is 2. The zero-order valence-electron chi connectivity index (χ0n) is 11.9. The summed E-state index contributed by atoms with van der Waals surface area (Å²) < 4.78 is 0. The maximum atomic E-state index is 11.4. The van der Waals surface area contributed by atoms with Gasteiger partial charge in [0, 0.05) is 17.1 Å². The third-order valence-electron chi connectivity index (χ3n) is 4.00. The fourth-order valence-corrected chi connectivity index (χ4v) is 3.03. The molecule has 21 heavy (non-hydrogen) atoms. The van der Waals surface area contributed by atoms with Gasteiger partial charge in [-0.1, -0.05) is 35.9 Å². The summed E-state index contributed by atoms with van der Waals surface area (Å²) in [6, 6.07) is 13.8. The van der Waals surface area contributed by atoms with E-state index in [1.54, 1.807) is 0 Å². The molecule has 3 rings (SSSR count). The summed E-state index contributed by atoms with van der Waals surface area (Å²) in [5.74, 6) is 0. The number of hydrogen-bond donors (Lipinski definition) is 0. The van der Waals surface area contributed by atoms with Crippen molar-refractivity contribution in [3.05, 3.63) is 58.6 Å². The molecule has 0 saturated carbocycles. The van der Waals surface area contributed by atoms with Gasteiger partial charge in [-0.2, -0.15) is 0 Å². The molecule has 0 radical (unpaired) electrons. The van der Waals surface area contributed by atoms with Gasteiger partial charge in [0.1, 0.15) is 0 Å². The van der Waals surface area contributed by atoms with Crippen molar-refractivity contribution in [1.29, 1.82) is 0 Å². The Morgan fingerprint density at radius 2 is 1.76 bits per heavy atom. The lowest BCUT2D eigenvalue weighted by Crippen LogP contribution is -2.18. The predicted octanol–water partition coefficient (Wildman–Crippen LogP) is 4.42. The van der Waals surface area contributed by atoms with Crippen LogP contribution in [0.2, 0.25) is 5.02 Å². The molecule has 2 aromatic carbocycles. The second kappa shape index (κ2) is 6.42. The molecule has 1 aliphatic rings. The van der Waals surface area contributed by atoms with Crippen molar-refractivity contribution in [3.8, 4) is 11.1 Å². The monoisotopic (exact) mass is 299 g/mol. The van der Waals surface area contributed by atoms with E-state index < -0.39 is 0 Å². The van der Waals surface area contributed by atoms with Gasteiger partial charge in [0.15, 0.2) is 6.29 Å². The second-order valence-electron chi connectivity index (χ2n) is 5.53. The Balaban J connectivity index is 1.87. The van der Waals surface area contributed by atoms with Gasteiger partial charge in [-0.25, -0.2) is 0 Å². The molecule has 0 spiro atoms. The summed E-state index contributed by atoms with van der Waals surface area (Å²) >= 11 is 5.92. The normalized spacial score (nSPS) is 15.3. The van der Waals surface area contributed by atoms with Gasteiger partial charge in [0.25, 0.3) is 0 Å². The van der Waals surface area contributed by atoms with E-state index in [0.717, 1.165) is 42.6 Å². The topological polar surface area (TPSA) is 20.3 Å². The Hall–Kier alpha value is -1.64. The largest absolute Gasteiger partial charge is 0.299 e. The van der Waals surface area contributed by atoms with Crippen molar-refractivity contribution < 1.29 is 4.79 Å². The molecule has 108 valence electrons. The number of aldehydes is 1. The van der Waals surface area contributed by atoms with Gasteiger partial charge < -0.3 is 0 Å². The van der Waals surface area contributed by atoms with Crippen LogP contribution < -0.4 is 0 Å². The highest BCUT2D eigenvalue weighted by Crippen LogP contribution is 2.26. The maximum absolute atomic E-state index is 11.4. The van der Waals surface area contributed by atoms with E-state index in [1.807, 2.05) is 36.4 Å². The van der Waals surface area contributed by atoms with Crippen LogP contribution in [-0.2, 0) is 6.54 Å². The Morgan fingerprint density at radius 1 is 1.05 bits per heavy atom. The molecule has 0 N–H and O–H groups in total. The molecular formula is C18H18ClNO. The van der Waals surface area contributed by atoms with Crippen molar-refractivity contribution in [2.24, 2.45) is 0 Å². The van der Waals surface area contributed by atoms with Gasteiger partial charge in [-0.15, -0.1) is 0 Å². The molecule has 0 aromatic heterocycles. The van der Waals surface area contributed by atoms with Crippen LogP contribution in [0.15, 0.2) is 42.5 Å². The predicted molar refractivity (Wildman–Crippen MR) is 86.8 cm³/mol. The van der Waals surface area contributed by atoms with Gasteiger partial charge in [0.2, 0.25) is 0 Å². The van der Waals surface area contributed by atoms with E-state index in [-0.39, 0.29) is 0 Å². The van der Waals surface area contributed by atoms with Crippen molar-refractivity contribution >= 4 is 17.9 Å². The van der Waals surface area contributed by atoms with Gasteiger partial charge in [-0.05, 0) is 60.8 Å². The average molecular weight is 300 g/mol. The lowest BCUT2D eigenvalue weighted by atomic mass is 9.98. The number of rotatable bonds is 4. The second-order valence-corrected chi connectivity index (χ2v) is 5.97. The summed E-state index contributed by atoms with van der Waals surface area (Å²) in [5.41, 5.74) is 3.94. The Morgan fingerprint density at radius 3 is 2.43 bits per heavy atom. The molecule has 0 aliphatic carbocycles. The van der Waals surface area contributed by atoms with Crippen LogP contribution in [0.3, 0.4) is 0 Å². The van der Waals surface area contributed by atoms with E-state index in [0.29, 0.717) is 5.02 Å². The van der Waals surface area contributed by atoms with E-state index >= 15 is 0 Å². The number of carbonyl (C=O) groups excluding carboxylic acids is 1. The third-order valence-corrected chi connectivity index (χ3v) is 4.26. The lowest BCUT2D eigenvalue weighted by Gasteiger charge is -2.15. The van der Waals surface area contributed by atoms with Gasteiger partial charge in [0.05, 0.1) is 0 Å². The van der Waals surface area contributed by atoms with E-state index in [9.17, 15) is 4.79 Å². The molecule has 2 aromatic rings. The number of halogens is 1. The van der Waals surface area contributed by atoms with Crippen LogP contribution in [0.25, 0.3) is 11.1 Å². The Labute approximate surface area is 130 Å². The first-order valence-corrected chi connectivity index (χ1v) is 7.70. The molecule has 0 atom stereocenters. The zero-order chi connectivity index (χ0) is 14.7. The Kier molecular flexibility index (Phi) is 4.37. The first-order valence-electron chi connectivity index (χ1n) is 7.32. The first kappa shape index (κ1) is 14.3. The maximum Gasteiger partial charge on any atom is 0.150 e. The van der Waals surface area contributed by atoms with Crippen molar-refractivity contribution in [2.75, 3.05) is 13.1 Å².